The number of rotatable bonds is 4. The summed E-state index contributed by atoms with van der Waals surface area (Å²) in [5.74, 6) is 1.41. The molecule has 0 fully saturated rings. The van der Waals surface area contributed by atoms with Crippen molar-refractivity contribution in [3.63, 3.8) is 0 Å². The van der Waals surface area contributed by atoms with Gasteiger partial charge in [-0.05, 0) is 36.4 Å². The number of anilines is 2. The van der Waals surface area contributed by atoms with Gasteiger partial charge in [0, 0.05) is 23.7 Å². The molecule has 2 aromatic carbocycles. The average molecular weight is 343 g/mol. The van der Waals surface area contributed by atoms with Gasteiger partial charge in [0.15, 0.2) is 0 Å². The van der Waals surface area contributed by atoms with Gasteiger partial charge < -0.3 is 9.32 Å². The summed E-state index contributed by atoms with van der Waals surface area (Å²) in [4.78, 5) is 6.37. The van der Waals surface area contributed by atoms with E-state index in [1.54, 1.807) is 6.26 Å². The molecule has 0 amide bonds. The molecule has 2 heterocycles. The van der Waals surface area contributed by atoms with Crippen molar-refractivity contribution in [2.24, 2.45) is 0 Å². The predicted octanol–water partition coefficient (Wildman–Crippen LogP) is 4.00. The minimum absolute atomic E-state index is 0.00174. The van der Waals surface area contributed by atoms with Crippen LogP contribution in [0.2, 0.25) is 0 Å². The van der Waals surface area contributed by atoms with Crippen molar-refractivity contribution in [2.45, 2.75) is 0 Å². The van der Waals surface area contributed by atoms with E-state index in [-0.39, 0.29) is 5.62 Å². The molecule has 0 aliphatic rings. The van der Waals surface area contributed by atoms with Crippen LogP contribution in [0.4, 0.5) is 11.5 Å². The molecule has 0 spiro atoms. The maximum atomic E-state index is 8.25. The van der Waals surface area contributed by atoms with Gasteiger partial charge in [0.05, 0.1) is 18.1 Å². The number of nitrogens with one attached hydrogen (secondary N) is 2. The zero-order chi connectivity index (χ0) is 18.1. The first-order valence-electron chi connectivity index (χ1n) is 8.13. The van der Waals surface area contributed by atoms with Crippen molar-refractivity contribution in [3.8, 4) is 11.3 Å². The standard InChI is InChI=1S/C20H17N5O/c1-24(15-6-3-2-4-7-15)19-16-10-9-14(18-8-5-11-26-18)12-17(16)25(13-21)20(22)23-19/h2-13,21-22H,1H3. The first-order valence-corrected chi connectivity index (χ1v) is 8.13. The van der Waals surface area contributed by atoms with Crippen LogP contribution in [0.15, 0.2) is 71.3 Å². The molecule has 4 aromatic rings. The zero-order valence-electron chi connectivity index (χ0n) is 14.2. The Bertz CT molecular complexity index is 1130. The van der Waals surface area contributed by atoms with Crippen molar-refractivity contribution >= 4 is 28.7 Å². The normalized spacial score (nSPS) is 10.8. The highest BCUT2D eigenvalue weighted by Gasteiger charge is 2.14. The number of aromatic nitrogens is 2. The number of fused-ring (bicyclic) bond motifs is 1. The van der Waals surface area contributed by atoms with E-state index in [1.807, 2.05) is 72.6 Å². The summed E-state index contributed by atoms with van der Waals surface area (Å²) in [6, 6.07) is 19.4. The lowest BCUT2D eigenvalue weighted by molar-refractivity contribution is 0.582. The third kappa shape index (κ3) is 2.57. The molecule has 128 valence electrons. The van der Waals surface area contributed by atoms with E-state index in [4.69, 9.17) is 15.2 Å². The fourth-order valence-electron chi connectivity index (χ4n) is 3.00. The van der Waals surface area contributed by atoms with Crippen LogP contribution in [0.5, 0.6) is 0 Å². The van der Waals surface area contributed by atoms with Gasteiger partial charge in [0.1, 0.15) is 11.6 Å². The summed E-state index contributed by atoms with van der Waals surface area (Å²) in [7, 11) is 1.92. The fourth-order valence-corrected chi connectivity index (χ4v) is 3.00. The Balaban J connectivity index is 1.98. The van der Waals surface area contributed by atoms with Crippen LogP contribution in [-0.2, 0) is 0 Å². The molecule has 6 heteroatoms. The van der Waals surface area contributed by atoms with E-state index < -0.39 is 0 Å². The minimum atomic E-state index is 0.00174. The third-order valence-electron chi connectivity index (χ3n) is 4.33. The number of hydrogen-bond donors (Lipinski definition) is 2. The van der Waals surface area contributed by atoms with Crippen LogP contribution in [0.3, 0.4) is 0 Å². The quantitative estimate of drug-likeness (QED) is 0.434. The summed E-state index contributed by atoms with van der Waals surface area (Å²) in [6.07, 6.45) is 2.73. The Labute approximate surface area is 150 Å². The predicted molar refractivity (Wildman–Crippen MR) is 102 cm³/mol. The molecule has 0 radical (unpaired) electrons. The molecule has 0 unspecified atom stereocenters. The van der Waals surface area contributed by atoms with Crippen molar-refractivity contribution in [1.29, 1.82) is 10.8 Å². The van der Waals surface area contributed by atoms with Gasteiger partial charge in [0.2, 0.25) is 5.62 Å². The molecule has 2 aromatic heterocycles. The molecule has 6 nitrogen and oxygen atoms in total. The third-order valence-corrected chi connectivity index (χ3v) is 4.33. The Kier molecular flexibility index (Phi) is 3.85. The average Bonchev–Trinajstić information content (AvgIpc) is 3.22. The molecule has 0 aliphatic heterocycles. The van der Waals surface area contributed by atoms with Gasteiger partial charge >= 0.3 is 0 Å². The van der Waals surface area contributed by atoms with E-state index in [9.17, 15) is 0 Å². The van der Waals surface area contributed by atoms with Gasteiger partial charge in [-0.15, -0.1) is 0 Å². The fraction of sp³-hybridized carbons (Fsp3) is 0.0500. The van der Waals surface area contributed by atoms with Crippen LogP contribution in [0, 0.1) is 10.8 Å². The SMILES string of the molecule is CN(c1ccccc1)c1nc(=N)n(C=N)c2cc(-c3ccco3)ccc12. The summed E-state index contributed by atoms with van der Waals surface area (Å²) in [6.45, 7) is 0. The lowest BCUT2D eigenvalue weighted by Gasteiger charge is -2.21. The van der Waals surface area contributed by atoms with Gasteiger partial charge in [-0.2, -0.15) is 4.98 Å². The maximum absolute atomic E-state index is 8.25. The van der Waals surface area contributed by atoms with Crippen molar-refractivity contribution in [3.05, 3.63) is 72.5 Å². The number of benzene rings is 2. The van der Waals surface area contributed by atoms with Crippen molar-refractivity contribution < 1.29 is 4.42 Å². The number of furan rings is 1. The molecule has 2 N–H and O–H groups in total. The Morgan fingerprint density at radius 3 is 2.58 bits per heavy atom. The Morgan fingerprint density at radius 1 is 1.08 bits per heavy atom. The van der Waals surface area contributed by atoms with E-state index in [2.05, 4.69) is 4.98 Å². The van der Waals surface area contributed by atoms with Gasteiger partial charge in [0.25, 0.3) is 0 Å². The number of nitrogens with zero attached hydrogens (tertiary/aromatic N) is 3. The van der Waals surface area contributed by atoms with E-state index in [0.717, 1.165) is 34.3 Å². The van der Waals surface area contributed by atoms with Gasteiger partial charge in [-0.1, -0.05) is 24.3 Å². The summed E-state index contributed by atoms with van der Waals surface area (Å²) in [5, 5.41) is 16.8. The highest BCUT2D eigenvalue weighted by molar-refractivity contribution is 5.96. The molecule has 0 bridgehead atoms. The van der Waals surface area contributed by atoms with Crippen molar-refractivity contribution in [2.75, 3.05) is 11.9 Å². The molecule has 0 atom stereocenters. The molecule has 26 heavy (non-hydrogen) atoms. The lowest BCUT2D eigenvalue weighted by Crippen LogP contribution is -2.26. The Morgan fingerprint density at radius 2 is 1.88 bits per heavy atom. The second kappa shape index (κ2) is 6.33. The maximum Gasteiger partial charge on any atom is 0.229 e. The molecule has 0 aliphatic carbocycles. The first kappa shape index (κ1) is 15.8. The van der Waals surface area contributed by atoms with E-state index in [0.29, 0.717) is 5.82 Å². The summed E-state index contributed by atoms with van der Waals surface area (Å²) >= 11 is 0. The Hall–Kier alpha value is -3.67. The van der Waals surface area contributed by atoms with Crippen molar-refractivity contribution in [1.82, 2.24) is 9.55 Å². The largest absolute Gasteiger partial charge is 0.464 e. The second-order valence-corrected chi connectivity index (χ2v) is 5.86. The second-order valence-electron chi connectivity index (χ2n) is 5.86. The minimum Gasteiger partial charge on any atom is -0.464 e. The monoisotopic (exact) mass is 343 g/mol. The highest BCUT2D eigenvalue weighted by atomic mass is 16.3. The number of hydrogen-bond acceptors (Lipinski definition) is 5. The topological polar surface area (TPSA) is 81.9 Å². The summed E-state index contributed by atoms with van der Waals surface area (Å²) < 4.78 is 6.93. The van der Waals surface area contributed by atoms with E-state index in [1.165, 1.54) is 4.57 Å². The van der Waals surface area contributed by atoms with Gasteiger partial charge in [-0.25, -0.2) is 0 Å². The molecule has 0 saturated heterocycles. The molecule has 0 saturated carbocycles. The first-order chi connectivity index (χ1) is 12.7. The van der Waals surface area contributed by atoms with Gasteiger partial charge in [-0.3, -0.25) is 15.4 Å². The van der Waals surface area contributed by atoms with Crippen LogP contribution in [0.25, 0.3) is 22.2 Å². The van der Waals surface area contributed by atoms with Crippen LogP contribution in [0.1, 0.15) is 0 Å². The van der Waals surface area contributed by atoms with E-state index >= 15 is 0 Å². The summed E-state index contributed by atoms with van der Waals surface area (Å²) in [5.41, 5.74) is 2.59. The number of para-hydroxylation sites is 1. The lowest BCUT2D eigenvalue weighted by atomic mass is 10.1. The van der Waals surface area contributed by atoms with Crippen LogP contribution < -0.4 is 10.5 Å². The van der Waals surface area contributed by atoms with Crippen LogP contribution in [-0.4, -0.2) is 22.9 Å². The smallest absolute Gasteiger partial charge is 0.229 e. The van der Waals surface area contributed by atoms with Crippen LogP contribution >= 0.6 is 0 Å². The zero-order valence-corrected chi connectivity index (χ0v) is 14.2. The molecular weight excluding hydrogens is 326 g/mol. The molecular formula is C20H17N5O. The highest BCUT2D eigenvalue weighted by Crippen LogP contribution is 2.30. The molecule has 4 rings (SSSR count).